The van der Waals surface area contributed by atoms with Gasteiger partial charge in [0, 0.05) is 22.8 Å². The minimum absolute atomic E-state index is 0.00682. The predicted octanol–water partition coefficient (Wildman–Crippen LogP) is 4.93. The lowest BCUT2D eigenvalue weighted by Crippen LogP contribution is -2.50. The molecular weight excluding hydrogens is 381 g/mol. The summed E-state index contributed by atoms with van der Waals surface area (Å²) in [4.78, 5) is 0. The third-order valence-corrected chi connectivity index (χ3v) is 5.95. The van der Waals surface area contributed by atoms with Crippen molar-refractivity contribution >= 4 is 0 Å². The quantitative estimate of drug-likeness (QED) is 0.737. The fraction of sp³-hybridized carbons (Fsp3) is 0.350. The summed E-state index contributed by atoms with van der Waals surface area (Å²) < 4.78 is 77.2. The molecule has 0 heterocycles. The van der Waals surface area contributed by atoms with Crippen LogP contribution in [0, 0.1) is 23.1 Å². The standard InChI is InChI=1S/C20H12F5NO2/c21-11-3-9(8-26)4-12(6-11)28-15-2-1-14-17-16(15)13-5-10(13)7-18(17,27)20(24,25)19(14,22)23/h1-4,6,10,13,27H,5,7H2. The van der Waals surface area contributed by atoms with E-state index in [0.717, 1.165) is 24.3 Å². The molecule has 2 aromatic rings. The summed E-state index contributed by atoms with van der Waals surface area (Å²) in [6, 6.07) is 6.99. The highest BCUT2D eigenvalue weighted by atomic mass is 19.3. The average molecular weight is 393 g/mol. The van der Waals surface area contributed by atoms with Crippen molar-refractivity contribution < 1.29 is 31.8 Å². The van der Waals surface area contributed by atoms with Crippen LogP contribution in [0.3, 0.4) is 0 Å². The number of benzene rings is 2. The molecule has 3 atom stereocenters. The van der Waals surface area contributed by atoms with Gasteiger partial charge in [-0.25, -0.2) is 4.39 Å². The first-order chi connectivity index (χ1) is 13.1. The number of nitriles is 1. The van der Waals surface area contributed by atoms with E-state index in [4.69, 9.17) is 10.00 Å². The van der Waals surface area contributed by atoms with Crippen LogP contribution in [-0.2, 0) is 11.5 Å². The van der Waals surface area contributed by atoms with Crippen LogP contribution in [0.1, 0.15) is 41.0 Å². The molecule has 1 fully saturated rings. The highest BCUT2D eigenvalue weighted by Crippen LogP contribution is 2.72. The van der Waals surface area contributed by atoms with Gasteiger partial charge in [0.2, 0.25) is 0 Å². The molecule has 3 unspecified atom stereocenters. The van der Waals surface area contributed by atoms with E-state index < -0.39 is 40.8 Å². The molecule has 0 spiro atoms. The largest absolute Gasteiger partial charge is 0.457 e. The van der Waals surface area contributed by atoms with Gasteiger partial charge < -0.3 is 9.84 Å². The van der Waals surface area contributed by atoms with E-state index in [-0.39, 0.29) is 34.5 Å². The first-order valence-corrected chi connectivity index (χ1v) is 8.64. The number of aliphatic hydroxyl groups is 1. The van der Waals surface area contributed by atoms with Gasteiger partial charge in [-0.15, -0.1) is 0 Å². The molecule has 8 heteroatoms. The van der Waals surface area contributed by atoms with Crippen molar-refractivity contribution in [3.05, 3.63) is 58.4 Å². The lowest BCUT2D eigenvalue weighted by molar-refractivity contribution is -0.289. The molecule has 0 aliphatic heterocycles. The highest BCUT2D eigenvalue weighted by molar-refractivity contribution is 5.61. The minimum atomic E-state index is -4.64. The van der Waals surface area contributed by atoms with Crippen molar-refractivity contribution in [1.29, 1.82) is 5.26 Å². The van der Waals surface area contributed by atoms with Crippen LogP contribution in [0.5, 0.6) is 11.5 Å². The van der Waals surface area contributed by atoms with Crippen LogP contribution in [-0.4, -0.2) is 11.0 Å². The monoisotopic (exact) mass is 393 g/mol. The van der Waals surface area contributed by atoms with Gasteiger partial charge in [0.15, 0.2) is 5.60 Å². The van der Waals surface area contributed by atoms with Gasteiger partial charge >= 0.3 is 11.8 Å². The molecule has 0 amide bonds. The Labute approximate surface area is 156 Å². The van der Waals surface area contributed by atoms with Crippen LogP contribution < -0.4 is 4.74 Å². The van der Waals surface area contributed by atoms with Crippen molar-refractivity contribution in [2.24, 2.45) is 5.92 Å². The van der Waals surface area contributed by atoms with Crippen LogP contribution in [0.25, 0.3) is 0 Å². The molecule has 1 saturated carbocycles. The normalized spacial score (nSPS) is 30.2. The molecule has 0 aromatic heterocycles. The van der Waals surface area contributed by atoms with Gasteiger partial charge in [-0.1, -0.05) is 0 Å². The van der Waals surface area contributed by atoms with Crippen molar-refractivity contribution in [2.75, 3.05) is 0 Å². The molecule has 28 heavy (non-hydrogen) atoms. The van der Waals surface area contributed by atoms with Gasteiger partial charge in [-0.3, -0.25) is 0 Å². The molecule has 0 bridgehead atoms. The SMILES string of the molecule is N#Cc1cc(F)cc(Oc2ccc3c4c2C2CC2CC4(O)C(F)(F)C3(F)F)c1. The summed E-state index contributed by atoms with van der Waals surface area (Å²) in [6.07, 6.45) is 0.0334. The molecule has 3 aliphatic carbocycles. The Morgan fingerprint density at radius 2 is 1.89 bits per heavy atom. The average Bonchev–Trinajstić information content (AvgIpc) is 3.37. The molecule has 3 aliphatic rings. The number of fused-ring (bicyclic) bond motifs is 2. The Balaban J connectivity index is 1.70. The molecule has 144 valence electrons. The Kier molecular flexibility index (Phi) is 3.13. The second kappa shape index (κ2) is 5.03. The van der Waals surface area contributed by atoms with Crippen LogP contribution in [0.2, 0.25) is 0 Å². The second-order valence-electron chi connectivity index (χ2n) is 7.60. The summed E-state index contributed by atoms with van der Waals surface area (Å²) in [5, 5.41) is 19.6. The second-order valence-corrected chi connectivity index (χ2v) is 7.60. The number of hydrogen-bond acceptors (Lipinski definition) is 3. The molecular formula is C20H12F5NO2. The maximum Gasteiger partial charge on any atom is 0.346 e. The van der Waals surface area contributed by atoms with Crippen LogP contribution in [0.15, 0.2) is 30.3 Å². The predicted molar refractivity (Wildman–Crippen MR) is 85.8 cm³/mol. The van der Waals surface area contributed by atoms with E-state index in [2.05, 4.69) is 0 Å². The number of hydrogen-bond donors (Lipinski definition) is 1. The lowest BCUT2D eigenvalue weighted by Gasteiger charge is -2.35. The first kappa shape index (κ1) is 17.4. The zero-order valence-electron chi connectivity index (χ0n) is 14.1. The summed E-state index contributed by atoms with van der Waals surface area (Å²) in [7, 11) is 0. The van der Waals surface area contributed by atoms with E-state index in [1.54, 1.807) is 6.07 Å². The fourth-order valence-corrected chi connectivity index (χ4v) is 4.60. The Morgan fingerprint density at radius 3 is 2.61 bits per heavy atom. The smallest absolute Gasteiger partial charge is 0.346 e. The lowest BCUT2D eigenvalue weighted by atomic mass is 9.78. The van der Waals surface area contributed by atoms with E-state index in [0.29, 0.717) is 6.42 Å². The van der Waals surface area contributed by atoms with E-state index >= 15 is 0 Å². The third kappa shape index (κ3) is 1.95. The van der Waals surface area contributed by atoms with Gasteiger partial charge in [0.25, 0.3) is 0 Å². The summed E-state index contributed by atoms with van der Waals surface area (Å²) in [5.41, 5.74) is -4.24. The van der Waals surface area contributed by atoms with Gasteiger partial charge in [-0.05, 0) is 48.9 Å². The number of alkyl halides is 4. The molecule has 0 saturated heterocycles. The fourth-order valence-electron chi connectivity index (χ4n) is 4.60. The Hall–Kier alpha value is -2.66. The maximum atomic E-state index is 14.6. The summed E-state index contributed by atoms with van der Waals surface area (Å²) in [5.74, 6) is -10.6. The van der Waals surface area contributed by atoms with E-state index in [9.17, 15) is 27.1 Å². The molecule has 2 aromatic carbocycles. The van der Waals surface area contributed by atoms with Crippen molar-refractivity contribution in [3.8, 4) is 17.6 Å². The van der Waals surface area contributed by atoms with E-state index in [1.165, 1.54) is 6.07 Å². The van der Waals surface area contributed by atoms with Crippen LogP contribution >= 0.6 is 0 Å². The number of halogens is 5. The molecule has 0 radical (unpaired) electrons. The zero-order valence-corrected chi connectivity index (χ0v) is 14.1. The Morgan fingerprint density at radius 1 is 1.14 bits per heavy atom. The summed E-state index contributed by atoms with van der Waals surface area (Å²) >= 11 is 0. The number of rotatable bonds is 2. The van der Waals surface area contributed by atoms with Gasteiger partial charge in [0.05, 0.1) is 11.6 Å². The maximum absolute atomic E-state index is 14.6. The molecule has 5 rings (SSSR count). The van der Waals surface area contributed by atoms with Gasteiger partial charge in [0.1, 0.15) is 17.3 Å². The minimum Gasteiger partial charge on any atom is -0.457 e. The first-order valence-electron chi connectivity index (χ1n) is 8.64. The summed E-state index contributed by atoms with van der Waals surface area (Å²) in [6.45, 7) is 0. The van der Waals surface area contributed by atoms with Gasteiger partial charge in [-0.2, -0.15) is 22.8 Å². The third-order valence-electron chi connectivity index (χ3n) is 5.95. The number of nitrogens with zero attached hydrogens (tertiary/aromatic N) is 1. The zero-order chi connectivity index (χ0) is 20.1. The Bertz CT molecular complexity index is 1080. The van der Waals surface area contributed by atoms with Crippen LogP contribution in [0.4, 0.5) is 22.0 Å². The van der Waals surface area contributed by atoms with E-state index in [1.807, 2.05) is 0 Å². The topological polar surface area (TPSA) is 53.2 Å². The van der Waals surface area contributed by atoms with Crippen molar-refractivity contribution in [1.82, 2.24) is 0 Å². The molecule has 3 nitrogen and oxygen atoms in total. The molecule has 1 N–H and O–H groups in total. The van der Waals surface area contributed by atoms with Crippen molar-refractivity contribution in [3.63, 3.8) is 0 Å². The number of ether oxygens (including phenoxy) is 1. The van der Waals surface area contributed by atoms with Crippen molar-refractivity contribution in [2.45, 2.75) is 36.2 Å². The highest BCUT2D eigenvalue weighted by Gasteiger charge is 2.79.